The molecule has 7 nitrogen and oxygen atoms in total. The van der Waals surface area contributed by atoms with Crippen molar-refractivity contribution in [1.82, 2.24) is 25.1 Å². The zero-order valence-corrected chi connectivity index (χ0v) is 17.8. The summed E-state index contributed by atoms with van der Waals surface area (Å²) in [5.74, 6) is 1.08. The van der Waals surface area contributed by atoms with Crippen molar-refractivity contribution in [3.05, 3.63) is 83.7 Å². The fourth-order valence-electron chi connectivity index (χ4n) is 3.74. The Labute approximate surface area is 184 Å². The van der Waals surface area contributed by atoms with Crippen molar-refractivity contribution in [2.75, 3.05) is 0 Å². The summed E-state index contributed by atoms with van der Waals surface area (Å²) in [5.41, 5.74) is 6.34. The molecular weight excluding hydrogens is 402 g/mol. The number of rotatable bonds is 6. The van der Waals surface area contributed by atoms with Gasteiger partial charge in [0.25, 0.3) is 5.89 Å². The maximum Gasteiger partial charge on any atom is 0.274 e. The molecule has 5 rings (SSSR count). The van der Waals surface area contributed by atoms with Gasteiger partial charge in [-0.25, -0.2) is 0 Å². The molecule has 0 unspecified atom stereocenters. The second-order valence-electron chi connectivity index (χ2n) is 7.79. The predicted molar refractivity (Wildman–Crippen MR) is 121 cm³/mol. The van der Waals surface area contributed by atoms with Crippen LogP contribution in [-0.4, -0.2) is 30.9 Å². The maximum atomic E-state index is 12.8. The number of nitrogens with one attached hydrogen (secondary N) is 1. The van der Waals surface area contributed by atoms with Gasteiger partial charge in [0.1, 0.15) is 11.4 Å². The van der Waals surface area contributed by atoms with E-state index in [9.17, 15) is 4.79 Å². The first-order chi connectivity index (χ1) is 15.6. The molecule has 0 saturated heterocycles. The fraction of sp³-hybridized carbons (Fsp3) is 0.160. The van der Waals surface area contributed by atoms with Crippen molar-refractivity contribution >= 4 is 16.7 Å². The summed E-state index contributed by atoms with van der Waals surface area (Å²) in [6, 6.07) is 13.9. The molecule has 0 aliphatic rings. The Balaban J connectivity index is 1.43. The van der Waals surface area contributed by atoms with Crippen LogP contribution in [0.2, 0.25) is 0 Å². The SMILES string of the molecule is Cc1noc(-c2cc3cc(-c4cc(C(=O)CCc5ccncc5)ncc4C)ccc3[nH]2)n1. The lowest BCUT2D eigenvalue weighted by Crippen LogP contribution is -2.05. The minimum absolute atomic E-state index is 0.0276. The number of pyridine rings is 2. The highest BCUT2D eigenvalue weighted by Crippen LogP contribution is 2.30. The molecule has 7 heteroatoms. The third kappa shape index (κ3) is 3.92. The highest BCUT2D eigenvalue weighted by molar-refractivity contribution is 5.96. The van der Waals surface area contributed by atoms with Gasteiger partial charge < -0.3 is 9.51 Å². The largest absolute Gasteiger partial charge is 0.351 e. The molecule has 5 aromatic rings. The molecule has 0 saturated carbocycles. The molecule has 0 atom stereocenters. The first-order valence-electron chi connectivity index (χ1n) is 10.4. The monoisotopic (exact) mass is 423 g/mol. The molecule has 4 aromatic heterocycles. The van der Waals surface area contributed by atoms with Crippen molar-refractivity contribution in [3.8, 4) is 22.7 Å². The normalized spacial score (nSPS) is 11.2. The van der Waals surface area contributed by atoms with Crippen molar-refractivity contribution < 1.29 is 9.32 Å². The first kappa shape index (κ1) is 19.8. The molecule has 0 spiro atoms. The van der Waals surface area contributed by atoms with E-state index in [1.165, 1.54) is 0 Å². The van der Waals surface area contributed by atoms with Crippen LogP contribution in [0, 0.1) is 13.8 Å². The minimum atomic E-state index is 0.0276. The summed E-state index contributed by atoms with van der Waals surface area (Å²) in [6.45, 7) is 3.79. The summed E-state index contributed by atoms with van der Waals surface area (Å²) >= 11 is 0. The number of H-pyrrole nitrogens is 1. The van der Waals surface area contributed by atoms with Crippen LogP contribution in [0.15, 0.2) is 65.6 Å². The lowest BCUT2D eigenvalue weighted by molar-refractivity contribution is 0.0978. The molecule has 158 valence electrons. The number of carbonyl (C=O) groups is 1. The van der Waals surface area contributed by atoms with Crippen LogP contribution in [-0.2, 0) is 6.42 Å². The zero-order valence-electron chi connectivity index (χ0n) is 17.8. The van der Waals surface area contributed by atoms with Crippen LogP contribution < -0.4 is 0 Å². The fourth-order valence-corrected chi connectivity index (χ4v) is 3.74. The molecule has 32 heavy (non-hydrogen) atoms. The van der Waals surface area contributed by atoms with Crippen LogP contribution in [0.25, 0.3) is 33.6 Å². The third-order valence-corrected chi connectivity index (χ3v) is 5.47. The number of Topliss-reactive ketones (excluding diaryl/α,β-unsaturated/α-hetero) is 1. The lowest BCUT2D eigenvalue weighted by Gasteiger charge is -2.09. The molecule has 0 amide bonds. The topological polar surface area (TPSA) is 97.6 Å². The van der Waals surface area contributed by atoms with Crippen LogP contribution in [0.3, 0.4) is 0 Å². The summed E-state index contributed by atoms with van der Waals surface area (Å²) in [5, 5.41) is 4.88. The Morgan fingerprint density at radius 2 is 1.91 bits per heavy atom. The van der Waals surface area contributed by atoms with E-state index < -0.39 is 0 Å². The summed E-state index contributed by atoms with van der Waals surface area (Å²) in [6.07, 6.45) is 6.32. The molecule has 1 aromatic carbocycles. The minimum Gasteiger partial charge on any atom is -0.351 e. The standard InChI is InChI=1S/C25H21N5O2/c1-15-14-27-22(24(31)6-3-17-7-9-26-10-8-17)13-20(15)18-4-5-21-19(11-18)12-23(29-21)25-28-16(2)30-32-25/h4-5,7-14,29H,3,6H2,1-2H3. The molecule has 0 radical (unpaired) electrons. The van der Waals surface area contributed by atoms with Gasteiger partial charge in [-0.3, -0.25) is 14.8 Å². The Morgan fingerprint density at radius 1 is 1.06 bits per heavy atom. The summed E-state index contributed by atoms with van der Waals surface area (Å²) in [7, 11) is 0. The van der Waals surface area contributed by atoms with Gasteiger partial charge in [-0.2, -0.15) is 4.98 Å². The van der Waals surface area contributed by atoms with Crippen LogP contribution in [0.5, 0.6) is 0 Å². The van der Waals surface area contributed by atoms with Crippen molar-refractivity contribution in [2.45, 2.75) is 26.7 Å². The molecule has 0 fully saturated rings. The molecule has 0 aliphatic heterocycles. The Morgan fingerprint density at radius 3 is 2.69 bits per heavy atom. The van der Waals surface area contributed by atoms with Crippen LogP contribution >= 0.6 is 0 Å². The van der Waals surface area contributed by atoms with Gasteiger partial charge in [0.05, 0.1) is 0 Å². The summed E-state index contributed by atoms with van der Waals surface area (Å²) < 4.78 is 5.27. The number of fused-ring (bicyclic) bond motifs is 1. The first-order valence-corrected chi connectivity index (χ1v) is 10.4. The quantitative estimate of drug-likeness (QED) is 0.381. The average molecular weight is 423 g/mol. The predicted octanol–water partition coefficient (Wildman–Crippen LogP) is 5.11. The van der Waals surface area contributed by atoms with Gasteiger partial charge in [0.15, 0.2) is 11.6 Å². The number of hydrogen-bond acceptors (Lipinski definition) is 6. The number of aromatic amines is 1. The third-order valence-electron chi connectivity index (χ3n) is 5.47. The van der Waals surface area contributed by atoms with Gasteiger partial charge in [0.2, 0.25) is 0 Å². The van der Waals surface area contributed by atoms with E-state index in [-0.39, 0.29) is 5.78 Å². The number of aromatic nitrogens is 5. The van der Waals surface area contributed by atoms with Crippen molar-refractivity contribution in [1.29, 1.82) is 0 Å². The van der Waals surface area contributed by atoms with Gasteiger partial charge in [-0.05, 0) is 78.9 Å². The second-order valence-corrected chi connectivity index (χ2v) is 7.79. The molecule has 4 heterocycles. The van der Waals surface area contributed by atoms with E-state index in [1.54, 1.807) is 25.5 Å². The number of carbonyl (C=O) groups excluding carboxylic acids is 1. The molecule has 0 aliphatic carbocycles. The van der Waals surface area contributed by atoms with E-state index in [0.29, 0.717) is 30.3 Å². The van der Waals surface area contributed by atoms with E-state index in [1.807, 2.05) is 43.3 Å². The van der Waals surface area contributed by atoms with Gasteiger partial charge >= 0.3 is 0 Å². The Kier molecular flexibility index (Phi) is 5.07. The average Bonchev–Trinajstić information content (AvgIpc) is 3.44. The van der Waals surface area contributed by atoms with Crippen molar-refractivity contribution in [3.63, 3.8) is 0 Å². The number of hydrogen-bond donors (Lipinski definition) is 1. The van der Waals surface area contributed by atoms with E-state index in [4.69, 9.17) is 4.52 Å². The lowest BCUT2D eigenvalue weighted by atomic mass is 9.98. The van der Waals surface area contributed by atoms with E-state index in [2.05, 4.69) is 31.2 Å². The van der Waals surface area contributed by atoms with E-state index >= 15 is 0 Å². The van der Waals surface area contributed by atoms with Gasteiger partial charge in [-0.1, -0.05) is 11.2 Å². The molecular formula is C25H21N5O2. The highest BCUT2D eigenvalue weighted by Gasteiger charge is 2.14. The molecule has 1 N–H and O–H groups in total. The number of nitrogens with zero attached hydrogens (tertiary/aromatic N) is 4. The number of benzene rings is 1. The van der Waals surface area contributed by atoms with Gasteiger partial charge in [0, 0.05) is 35.9 Å². The van der Waals surface area contributed by atoms with Crippen molar-refractivity contribution in [2.24, 2.45) is 0 Å². The summed E-state index contributed by atoms with van der Waals surface area (Å²) in [4.78, 5) is 28.8. The highest BCUT2D eigenvalue weighted by atomic mass is 16.5. The smallest absolute Gasteiger partial charge is 0.274 e. The number of aryl methyl sites for hydroxylation is 3. The Hall–Kier alpha value is -4.13. The van der Waals surface area contributed by atoms with Gasteiger partial charge in [-0.15, -0.1) is 0 Å². The number of ketones is 1. The van der Waals surface area contributed by atoms with E-state index in [0.717, 1.165) is 38.9 Å². The Bertz CT molecular complexity index is 1420. The van der Waals surface area contributed by atoms with Crippen LogP contribution in [0.4, 0.5) is 0 Å². The van der Waals surface area contributed by atoms with Crippen LogP contribution in [0.1, 0.15) is 33.9 Å². The molecule has 0 bridgehead atoms. The zero-order chi connectivity index (χ0) is 22.1. The second kappa shape index (κ2) is 8.19. The maximum absolute atomic E-state index is 12.8.